The molecule has 0 aromatic heterocycles. The molecule has 0 amide bonds. The van der Waals surface area contributed by atoms with E-state index in [1.54, 1.807) is 0 Å². The molecule has 0 unspecified atom stereocenters. The Kier molecular flexibility index (Phi) is 9.17. The minimum Gasteiger partial charge on any atom is -0.374 e. The highest BCUT2D eigenvalue weighted by molar-refractivity contribution is 6.60. The minimum atomic E-state index is -2.50. The average Bonchev–Trinajstić information content (AvgIpc) is 2.49. The summed E-state index contributed by atoms with van der Waals surface area (Å²) in [4.78, 5) is 4.46. The second kappa shape index (κ2) is 10.7. The van der Waals surface area contributed by atoms with Crippen molar-refractivity contribution in [3.63, 3.8) is 0 Å². The Labute approximate surface area is 129 Å². The van der Waals surface area contributed by atoms with Gasteiger partial charge in [0.05, 0.1) is 0 Å². The summed E-state index contributed by atoms with van der Waals surface area (Å²) in [6.45, 7) is 8.57. The number of aliphatic imine (C=N–C) groups is 1. The van der Waals surface area contributed by atoms with Crippen LogP contribution in [0, 0.1) is 0 Å². The summed E-state index contributed by atoms with van der Waals surface area (Å²) in [6, 6.07) is 10.9. The topological polar surface area (TPSA) is 40.0 Å². The lowest BCUT2D eigenvalue weighted by Gasteiger charge is -2.28. The fraction of sp³-hybridized carbons (Fsp3) is 0.562. The molecule has 1 rings (SSSR count). The Morgan fingerprint density at radius 1 is 0.952 bits per heavy atom. The van der Waals surface area contributed by atoms with Gasteiger partial charge < -0.3 is 13.3 Å². The van der Waals surface area contributed by atoms with Crippen LogP contribution in [0.4, 0.5) is 0 Å². The molecular weight excluding hydrogens is 282 g/mol. The summed E-state index contributed by atoms with van der Waals surface area (Å²) in [7, 11) is -2.50. The van der Waals surface area contributed by atoms with E-state index in [2.05, 4.69) is 4.99 Å². The predicted molar refractivity (Wildman–Crippen MR) is 89.0 cm³/mol. The summed E-state index contributed by atoms with van der Waals surface area (Å²) in [5.74, 6) is 0. The van der Waals surface area contributed by atoms with Crippen molar-refractivity contribution in [1.82, 2.24) is 0 Å². The van der Waals surface area contributed by atoms with Crippen LogP contribution >= 0.6 is 0 Å². The Morgan fingerprint density at radius 2 is 1.52 bits per heavy atom. The Morgan fingerprint density at radius 3 is 2.05 bits per heavy atom. The molecule has 0 fully saturated rings. The van der Waals surface area contributed by atoms with Gasteiger partial charge in [-0.25, -0.2) is 0 Å². The van der Waals surface area contributed by atoms with E-state index in [-0.39, 0.29) is 0 Å². The molecule has 0 bridgehead atoms. The van der Waals surface area contributed by atoms with E-state index >= 15 is 0 Å². The smallest absolute Gasteiger partial charge is 0.374 e. The monoisotopic (exact) mass is 309 g/mol. The molecule has 0 atom stereocenters. The number of hydrogen-bond acceptors (Lipinski definition) is 4. The standard InChI is InChI=1S/C16H27NO3Si/c1-4-18-21(19-5-2,20-6-3)14-10-13-17-15-16-11-8-7-9-12-16/h7-9,11-12,15H,4-6,10,13-14H2,1-3H3. The van der Waals surface area contributed by atoms with E-state index in [9.17, 15) is 0 Å². The molecule has 4 nitrogen and oxygen atoms in total. The molecule has 0 spiro atoms. The van der Waals surface area contributed by atoms with Gasteiger partial charge in [-0.2, -0.15) is 0 Å². The van der Waals surface area contributed by atoms with Gasteiger partial charge in [0.1, 0.15) is 0 Å². The number of nitrogens with zero attached hydrogens (tertiary/aromatic N) is 1. The van der Waals surface area contributed by atoms with E-state index in [0.29, 0.717) is 19.8 Å². The van der Waals surface area contributed by atoms with Crippen LogP contribution in [-0.2, 0) is 13.3 Å². The molecule has 118 valence electrons. The van der Waals surface area contributed by atoms with Crippen LogP contribution in [0.1, 0.15) is 32.8 Å². The molecular formula is C16H27NO3Si. The molecule has 1 aromatic rings. The molecule has 21 heavy (non-hydrogen) atoms. The zero-order chi connectivity index (χ0) is 15.4. The highest BCUT2D eigenvalue weighted by atomic mass is 28.4. The zero-order valence-electron chi connectivity index (χ0n) is 13.4. The first-order valence-corrected chi connectivity index (χ1v) is 9.66. The Balaban J connectivity index is 2.43. The molecule has 1 aromatic carbocycles. The van der Waals surface area contributed by atoms with E-state index < -0.39 is 8.80 Å². The lowest BCUT2D eigenvalue weighted by atomic mass is 10.2. The summed E-state index contributed by atoms with van der Waals surface area (Å²) in [5.41, 5.74) is 1.13. The summed E-state index contributed by atoms with van der Waals surface area (Å²) >= 11 is 0. The maximum Gasteiger partial charge on any atom is 0.500 e. The molecule has 0 heterocycles. The van der Waals surface area contributed by atoms with Gasteiger partial charge >= 0.3 is 8.80 Å². The van der Waals surface area contributed by atoms with Gasteiger partial charge in [-0.1, -0.05) is 30.3 Å². The third-order valence-corrected chi connectivity index (χ3v) is 6.05. The molecule has 0 radical (unpaired) electrons. The van der Waals surface area contributed by atoms with Crippen molar-refractivity contribution in [2.24, 2.45) is 4.99 Å². The van der Waals surface area contributed by atoms with Gasteiger partial charge in [-0.15, -0.1) is 0 Å². The first-order valence-electron chi connectivity index (χ1n) is 7.73. The first-order chi connectivity index (χ1) is 10.3. The quantitative estimate of drug-likeness (QED) is 0.356. The van der Waals surface area contributed by atoms with Crippen LogP contribution in [-0.4, -0.2) is 41.4 Å². The Bertz CT molecular complexity index is 381. The maximum atomic E-state index is 5.82. The van der Waals surface area contributed by atoms with Crippen molar-refractivity contribution in [1.29, 1.82) is 0 Å². The van der Waals surface area contributed by atoms with Crippen molar-refractivity contribution in [2.45, 2.75) is 33.2 Å². The van der Waals surface area contributed by atoms with Gasteiger partial charge in [0.2, 0.25) is 0 Å². The SMILES string of the molecule is CCO[Si](CCCN=Cc1ccccc1)(OCC)OCC. The normalized spacial score (nSPS) is 12.1. The minimum absolute atomic E-state index is 0.625. The van der Waals surface area contributed by atoms with Crippen molar-refractivity contribution < 1.29 is 13.3 Å². The van der Waals surface area contributed by atoms with Crippen LogP contribution in [0.5, 0.6) is 0 Å². The lowest BCUT2D eigenvalue weighted by Crippen LogP contribution is -2.46. The lowest BCUT2D eigenvalue weighted by molar-refractivity contribution is 0.0710. The number of benzene rings is 1. The molecule has 0 aliphatic carbocycles. The highest BCUT2D eigenvalue weighted by Crippen LogP contribution is 2.18. The maximum absolute atomic E-state index is 5.82. The third kappa shape index (κ3) is 6.99. The van der Waals surface area contributed by atoms with E-state index in [4.69, 9.17) is 13.3 Å². The van der Waals surface area contributed by atoms with E-state index in [1.807, 2.05) is 57.3 Å². The molecule has 0 aliphatic heterocycles. The molecule has 0 saturated heterocycles. The molecule has 0 N–H and O–H groups in total. The molecule has 0 saturated carbocycles. The molecule has 0 aliphatic rings. The van der Waals surface area contributed by atoms with Gasteiger partial charge in [0, 0.05) is 38.6 Å². The van der Waals surface area contributed by atoms with Crippen LogP contribution < -0.4 is 0 Å². The molecule has 5 heteroatoms. The second-order valence-electron chi connectivity index (χ2n) is 4.53. The Hall–Kier alpha value is -1.01. The predicted octanol–water partition coefficient (Wildman–Crippen LogP) is 3.54. The van der Waals surface area contributed by atoms with E-state index in [0.717, 1.165) is 24.6 Å². The fourth-order valence-corrected chi connectivity index (χ4v) is 4.69. The van der Waals surface area contributed by atoms with E-state index in [1.165, 1.54) is 0 Å². The van der Waals surface area contributed by atoms with Crippen LogP contribution in [0.2, 0.25) is 6.04 Å². The summed E-state index contributed by atoms with van der Waals surface area (Å²) < 4.78 is 17.5. The zero-order valence-corrected chi connectivity index (χ0v) is 14.4. The van der Waals surface area contributed by atoms with Crippen molar-refractivity contribution in [3.05, 3.63) is 35.9 Å². The van der Waals surface area contributed by atoms with Crippen LogP contribution in [0.15, 0.2) is 35.3 Å². The summed E-state index contributed by atoms with van der Waals surface area (Å²) in [5, 5.41) is 0. The highest BCUT2D eigenvalue weighted by Gasteiger charge is 2.39. The van der Waals surface area contributed by atoms with Gasteiger partial charge in [0.25, 0.3) is 0 Å². The van der Waals surface area contributed by atoms with Gasteiger partial charge in [-0.05, 0) is 32.8 Å². The second-order valence-corrected chi connectivity index (χ2v) is 7.26. The fourth-order valence-electron chi connectivity index (χ4n) is 2.10. The van der Waals surface area contributed by atoms with Crippen molar-refractivity contribution >= 4 is 15.0 Å². The van der Waals surface area contributed by atoms with Gasteiger partial charge in [-0.3, -0.25) is 4.99 Å². The summed E-state index contributed by atoms with van der Waals surface area (Å²) in [6.07, 6.45) is 2.82. The van der Waals surface area contributed by atoms with Crippen LogP contribution in [0.3, 0.4) is 0 Å². The number of hydrogen-bond donors (Lipinski definition) is 0. The van der Waals surface area contributed by atoms with Gasteiger partial charge in [0.15, 0.2) is 0 Å². The van der Waals surface area contributed by atoms with Crippen molar-refractivity contribution in [2.75, 3.05) is 26.4 Å². The number of rotatable bonds is 11. The first kappa shape index (κ1) is 18.0. The third-order valence-electron chi connectivity index (χ3n) is 2.90. The largest absolute Gasteiger partial charge is 0.500 e. The van der Waals surface area contributed by atoms with Crippen molar-refractivity contribution in [3.8, 4) is 0 Å². The van der Waals surface area contributed by atoms with Crippen LogP contribution in [0.25, 0.3) is 0 Å². The average molecular weight is 309 g/mol.